The molecule has 3 rings (SSSR count). The van der Waals surface area contributed by atoms with Crippen LogP contribution in [-0.4, -0.2) is 26.6 Å². The first-order valence-corrected chi connectivity index (χ1v) is 12.1. The largest absolute Gasteiger partial charge is 0.457 e. The van der Waals surface area contributed by atoms with Gasteiger partial charge in [-0.25, -0.2) is 8.42 Å². The number of ether oxygens (including phenoxy) is 1. The zero-order chi connectivity index (χ0) is 23.5. The van der Waals surface area contributed by atoms with Crippen LogP contribution in [0.1, 0.15) is 23.6 Å². The number of benzene rings is 3. The van der Waals surface area contributed by atoms with Gasteiger partial charge in [0, 0.05) is 5.69 Å². The fourth-order valence-corrected chi connectivity index (χ4v) is 4.87. The monoisotopic (exact) mass is 452 g/mol. The number of nitrogens with one attached hydrogen (secondary N) is 1. The van der Waals surface area contributed by atoms with E-state index >= 15 is 0 Å². The van der Waals surface area contributed by atoms with Crippen molar-refractivity contribution in [1.29, 1.82) is 0 Å². The Kier molecular flexibility index (Phi) is 6.89. The van der Waals surface area contributed by atoms with E-state index in [1.54, 1.807) is 31.2 Å². The van der Waals surface area contributed by atoms with Gasteiger partial charge in [-0.1, -0.05) is 35.9 Å². The molecule has 0 saturated heterocycles. The summed E-state index contributed by atoms with van der Waals surface area (Å²) < 4.78 is 32.1. The molecule has 0 radical (unpaired) electrons. The summed E-state index contributed by atoms with van der Waals surface area (Å²) in [6.07, 6.45) is 1.09. The molecule has 0 fully saturated rings. The maximum absolute atomic E-state index is 13.0. The summed E-state index contributed by atoms with van der Waals surface area (Å²) in [5.41, 5.74) is 4.04. The lowest BCUT2D eigenvalue weighted by molar-refractivity contribution is -0.116. The third-order valence-electron chi connectivity index (χ3n) is 5.08. The summed E-state index contributed by atoms with van der Waals surface area (Å²) in [5.74, 6) is 0.836. The highest BCUT2D eigenvalue weighted by atomic mass is 32.2. The standard InChI is InChI=1S/C25H28N2O4S/c1-17-15-18(2)24(19(3)16-17)26-25(28)20(4)27(32(5,29)30)21-11-13-23(14-12-21)31-22-9-7-6-8-10-22/h6-16,20H,1-5H3,(H,26,28)/t20-/m1/s1. The van der Waals surface area contributed by atoms with Gasteiger partial charge in [0.15, 0.2) is 0 Å². The Bertz CT molecular complexity index is 1180. The molecule has 0 unspecified atom stereocenters. The SMILES string of the molecule is Cc1cc(C)c(NC(=O)[C@@H](C)N(c2ccc(Oc3ccccc3)cc2)S(C)(=O)=O)c(C)c1. The van der Waals surface area contributed by atoms with Gasteiger partial charge < -0.3 is 10.1 Å². The molecular weight excluding hydrogens is 424 g/mol. The van der Waals surface area contributed by atoms with Crippen LogP contribution in [0.2, 0.25) is 0 Å². The van der Waals surface area contributed by atoms with E-state index in [1.165, 1.54) is 0 Å². The van der Waals surface area contributed by atoms with Gasteiger partial charge in [0.25, 0.3) is 0 Å². The molecule has 0 aromatic heterocycles. The predicted octanol–water partition coefficient (Wildman–Crippen LogP) is 5.20. The number of hydrogen-bond donors (Lipinski definition) is 1. The zero-order valence-corrected chi connectivity index (χ0v) is 19.7. The van der Waals surface area contributed by atoms with Gasteiger partial charge in [-0.2, -0.15) is 0 Å². The van der Waals surface area contributed by atoms with Gasteiger partial charge in [0.2, 0.25) is 15.9 Å². The predicted molar refractivity (Wildman–Crippen MR) is 129 cm³/mol. The Hall–Kier alpha value is -3.32. The summed E-state index contributed by atoms with van der Waals surface area (Å²) in [4.78, 5) is 13.0. The number of hydrogen-bond acceptors (Lipinski definition) is 4. The highest BCUT2D eigenvalue weighted by Gasteiger charge is 2.29. The number of anilines is 2. The first kappa shape index (κ1) is 23.3. The Labute approximate surface area is 189 Å². The zero-order valence-electron chi connectivity index (χ0n) is 18.9. The van der Waals surface area contributed by atoms with Crippen LogP contribution in [0.5, 0.6) is 11.5 Å². The lowest BCUT2D eigenvalue weighted by Gasteiger charge is -2.28. The van der Waals surface area contributed by atoms with Crippen molar-refractivity contribution in [2.24, 2.45) is 0 Å². The van der Waals surface area contributed by atoms with Crippen LogP contribution in [0.15, 0.2) is 66.7 Å². The number of amides is 1. The number of para-hydroxylation sites is 1. The number of sulfonamides is 1. The topological polar surface area (TPSA) is 75.7 Å². The first-order chi connectivity index (χ1) is 15.1. The minimum Gasteiger partial charge on any atom is -0.457 e. The molecule has 0 heterocycles. The third-order valence-corrected chi connectivity index (χ3v) is 6.33. The van der Waals surface area contributed by atoms with Gasteiger partial charge in [0.1, 0.15) is 17.5 Å². The number of carbonyl (C=O) groups excluding carboxylic acids is 1. The minimum atomic E-state index is -3.72. The minimum absolute atomic E-state index is 0.382. The maximum Gasteiger partial charge on any atom is 0.248 e. The summed E-state index contributed by atoms with van der Waals surface area (Å²) in [7, 11) is -3.72. The van der Waals surface area contributed by atoms with Crippen molar-refractivity contribution < 1.29 is 17.9 Å². The number of aryl methyl sites for hydroxylation is 3. The highest BCUT2D eigenvalue weighted by molar-refractivity contribution is 7.92. The molecule has 7 heteroatoms. The molecule has 6 nitrogen and oxygen atoms in total. The Morgan fingerprint density at radius 3 is 1.97 bits per heavy atom. The lowest BCUT2D eigenvalue weighted by atomic mass is 10.0. The molecule has 3 aromatic rings. The second kappa shape index (κ2) is 9.44. The van der Waals surface area contributed by atoms with Crippen LogP contribution in [0, 0.1) is 20.8 Å². The highest BCUT2D eigenvalue weighted by Crippen LogP contribution is 2.28. The molecule has 0 aliphatic carbocycles. The van der Waals surface area contributed by atoms with E-state index in [0.29, 0.717) is 22.9 Å². The van der Waals surface area contributed by atoms with E-state index in [2.05, 4.69) is 5.32 Å². The second-order valence-electron chi connectivity index (χ2n) is 7.91. The van der Waals surface area contributed by atoms with Gasteiger partial charge in [-0.3, -0.25) is 9.10 Å². The van der Waals surface area contributed by atoms with Crippen molar-refractivity contribution in [3.8, 4) is 11.5 Å². The van der Waals surface area contributed by atoms with E-state index < -0.39 is 22.0 Å². The van der Waals surface area contributed by atoms with E-state index in [1.807, 2.05) is 63.2 Å². The molecule has 168 valence electrons. The second-order valence-corrected chi connectivity index (χ2v) is 9.77. The normalized spacial score (nSPS) is 12.2. The Morgan fingerprint density at radius 1 is 0.906 bits per heavy atom. The lowest BCUT2D eigenvalue weighted by Crippen LogP contribution is -2.45. The molecule has 1 N–H and O–H groups in total. The molecule has 3 aromatic carbocycles. The van der Waals surface area contributed by atoms with Gasteiger partial charge >= 0.3 is 0 Å². The van der Waals surface area contributed by atoms with Crippen LogP contribution in [0.3, 0.4) is 0 Å². The molecule has 0 saturated carbocycles. The first-order valence-electron chi connectivity index (χ1n) is 10.3. The van der Waals surface area contributed by atoms with Crippen LogP contribution in [0.25, 0.3) is 0 Å². The van der Waals surface area contributed by atoms with Crippen molar-refractivity contribution >= 4 is 27.3 Å². The molecule has 32 heavy (non-hydrogen) atoms. The quantitative estimate of drug-likeness (QED) is 0.535. The molecule has 1 amide bonds. The Balaban J connectivity index is 1.84. The van der Waals surface area contributed by atoms with Crippen molar-refractivity contribution in [2.45, 2.75) is 33.7 Å². The van der Waals surface area contributed by atoms with Crippen molar-refractivity contribution in [3.63, 3.8) is 0 Å². The average molecular weight is 453 g/mol. The van der Waals surface area contributed by atoms with Gasteiger partial charge in [-0.15, -0.1) is 0 Å². The summed E-state index contributed by atoms with van der Waals surface area (Å²) in [6, 6.07) is 18.9. The van der Waals surface area contributed by atoms with Crippen LogP contribution in [0.4, 0.5) is 11.4 Å². The van der Waals surface area contributed by atoms with Crippen LogP contribution in [-0.2, 0) is 14.8 Å². The molecular formula is C25H28N2O4S. The fraction of sp³-hybridized carbons (Fsp3) is 0.240. The third kappa shape index (κ3) is 5.48. The number of nitrogens with zero attached hydrogens (tertiary/aromatic N) is 1. The van der Waals surface area contributed by atoms with E-state index in [9.17, 15) is 13.2 Å². The van der Waals surface area contributed by atoms with Crippen molar-refractivity contribution in [1.82, 2.24) is 0 Å². The number of carbonyl (C=O) groups is 1. The fourth-order valence-electron chi connectivity index (χ4n) is 3.70. The molecule has 0 spiro atoms. The van der Waals surface area contributed by atoms with Crippen LogP contribution < -0.4 is 14.4 Å². The van der Waals surface area contributed by atoms with E-state index in [0.717, 1.165) is 27.3 Å². The van der Waals surface area contributed by atoms with E-state index in [4.69, 9.17) is 4.74 Å². The number of rotatable bonds is 7. The summed E-state index contributed by atoms with van der Waals surface area (Å²) in [5, 5.41) is 2.90. The van der Waals surface area contributed by atoms with Crippen LogP contribution >= 0.6 is 0 Å². The van der Waals surface area contributed by atoms with Crippen molar-refractivity contribution in [3.05, 3.63) is 83.4 Å². The maximum atomic E-state index is 13.0. The van der Waals surface area contributed by atoms with Gasteiger partial charge in [0.05, 0.1) is 11.9 Å². The summed E-state index contributed by atoms with van der Waals surface area (Å²) in [6.45, 7) is 7.40. The molecule has 0 bridgehead atoms. The molecule has 0 aliphatic rings. The average Bonchev–Trinajstić information content (AvgIpc) is 2.71. The molecule has 1 atom stereocenters. The Morgan fingerprint density at radius 2 is 1.44 bits per heavy atom. The van der Waals surface area contributed by atoms with E-state index in [-0.39, 0.29) is 0 Å². The molecule has 0 aliphatic heterocycles. The smallest absolute Gasteiger partial charge is 0.248 e. The van der Waals surface area contributed by atoms with Gasteiger partial charge in [-0.05, 0) is 75.2 Å². The van der Waals surface area contributed by atoms with Crippen molar-refractivity contribution in [2.75, 3.05) is 15.9 Å². The summed E-state index contributed by atoms with van der Waals surface area (Å²) >= 11 is 0.